The maximum Gasteiger partial charge on any atom is 0.119 e. The SMILES string of the molecule is C#Cc1ccc(OCC2CNCCO2)cc1. The van der Waals surface area contributed by atoms with Gasteiger partial charge in [-0.2, -0.15) is 0 Å². The smallest absolute Gasteiger partial charge is 0.119 e. The van der Waals surface area contributed by atoms with Gasteiger partial charge in [0.2, 0.25) is 0 Å². The van der Waals surface area contributed by atoms with E-state index in [4.69, 9.17) is 15.9 Å². The minimum Gasteiger partial charge on any atom is -0.491 e. The molecule has 1 aromatic rings. The van der Waals surface area contributed by atoms with Gasteiger partial charge in [-0.3, -0.25) is 0 Å². The fraction of sp³-hybridized carbons (Fsp3) is 0.385. The van der Waals surface area contributed by atoms with Crippen LogP contribution >= 0.6 is 0 Å². The van der Waals surface area contributed by atoms with E-state index >= 15 is 0 Å². The normalized spacial score (nSPS) is 20.1. The van der Waals surface area contributed by atoms with Crippen molar-refractivity contribution in [2.24, 2.45) is 0 Å². The van der Waals surface area contributed by atoms with Crippen molar-refractivity contribution >= 4 is 0 Å². The first kappa shape index (κ1) is 11.0. The monoisotopic (exact) mass is 217 g/mol. The zero-order valence-electron chi connectivity index (χ0n) is 9.11. The summed E-state index contributed by atoms with van der Waals surface area (Å²) in [7, 11) is 0. The second-order valence-corrected chi connectivity index (χ2v) is 3.68. The summed E-state index contributed by atoms with van der Waals surface area (Å²) in [6.07, 6.45) is 5.41. The second kappa shape index (κ2) is 5.55. The summed E-state index contributed by atoms with van der Waals surface area (Å²) < 4.78 is 11.1. The van der Waals surface area contributed by atoms with E-state index in [1.807, 2.05) is 24.3 Å². The van der Waals surface area contributed by atoms with Crippen LogP contribution in [-0.4, -0.2) is 32.4 Å². The first-order valence-electron chi connectivity index (χ1n) is 5.40. The second-order valence-electron chi connectivity index (χ2n) is 3.68. The summed E-state index contributed by atoms with van der Waals surface area (Å²) in [5.41, 5.74) is 0.864. The van der Waals surface area contributed by atoms with E-state index in [1.165, 1.54) is 0 Å². The van der Waals surface area contributed by atoms with Gasteiger partial charge in [0.05, 0.1) is 6.61 Å². The highest BCUT2D eigenvalue weighted by Gasteiger charge is 2.13. The number of morpholine rings is 1. The van der Waals surface area contributed by atoms with E-state index in [9.17, 15) is 0 Å². The molecule has 0 bridgehead atoms. The quantitative estimate of drug-likeness (QED) is 0.767. The van der Waals surface area contributed by atoms with Crippen LogP contribution in [-0.2, 0) is 4.74 Å². The standard InChI is InChI=1S/C13H15NO2/c1-2-11-3-5-12(6-4-11)16-10-13-9-14-7-8-15-13/h1,3-6,13-14H,7-10H2. The Kier molecular flexibility index (Phi) is 3.81. The van der Waals surface area contributed by atoms with Crippen molar-refractivity contribution in [3.05, 3.63) is 29.8 Å². The van der Waals surface area contributed by atoms with Gasteiger partial charge >= 0.3 is 0 Å². The molecule has 2 rings (SSSR count). The van der Waals surface area contributed by atoms with Crippen molar-refractivity contribution in [1.82, 2.24) is 5.32 Å². The van der Waals surface area contributed by atoms with Crippen LogP contribution in [0.5, 0.6) is 5.75 Å². The minimum atomic E-state index is 0.140. The number of hydrogen-bond acceptors (Lipinski definition) is 3. The van der Waals surface area contributed by atoms with Crippen LogP contribution in [0.1, 0.15) is 5.56 Å². The van der Waals surface area contributed by atoms with E-state index in [1.54, 1.807) is 0 Å². The van der Waals surface area contributed by atoms with Crippen molar-refractivity contribution in [2.75, 3.05) is 26.3 Å². The molecule has 1 fully saturated rings. The average Bonchev–Trinajstić information content (AvgIpc) is 2.38. The molecule has 1 unspecified atom stereocenters. The summed E-state index contributed by atoms with van der Waals surface area (Å²) >= 11 is 0. The van der Waals surface area contributed by atoms with E-state index in [-0.39, 0.29) is 6.10 Å². The molecule has 16 heavy (non-hydrogen) atoms. The van der Waals surface area contributed by atoms with Crippen molar-refractivity contribution in [2.45, 2.75) is 6.10 Å². The number of terminal acetylenes is 1. The fourth-order valence-corrected chi connectivity index (χ4v) is 1.56. The minimum absolute atomic E-state index is 0.140. The fourth-order valence-electron chi connectivity index (χ4n) is 1.56. The maximum absolute atomic E-state index is 5.61. The molecule has 1 aliphatic heterocycles. The largest absolute Gasteiger partial charge is 0.491 e. The molecule has 1 heterocycles. The number of benzene rings is 1. The van der Waals surface area contributed by atoms with Gasteiger partial charge in [-0.1, -0.05) is 5.92 Å². The lowest BCUT2D eigenvalue weighted by Gasteiger charge is -2.23. The molecule has 1 N–H and O–H groups in total. The molecular weight excluding hydrogens is 202 g/mol. The van der Waals surface area contributed by atoms with E-state index in [0.29, 0.717) is 6.61 Å². The van der Waals surface area contributed by atoms with Crippen molar-refractivity contribution in [1.29, 1.82) is 0 Å². The molecule has 1 aliphatic rings. The van der Waals surface area contributed by atoms with Crippen molar-refractivity contribution in [3.8, 4) is 18.1 Å². The van der Waals surface area contributed by atoms with Gasteiger partial charge in [-0.15, -0.1) is 6.42 Å². The summed E-state index contributed by atoms with van der Waals surface area (Å²) in [6, 6.07) is 7.50. The Labute approximate surface area is 95.8 Å². The van der Waals surface area contributed by atoms with Crippen LogP contribution in [0.4, 0.5) is 0 Å². The Morgan fingerprint density at radius 1 is 1.44 bits per heavy atom. The van der Waals surface area contributed by atoms with Gasteiger partial charge in [0.15, 0.2) is 0 Å². The van der Waals surface area contributed by atoms with Crippen LogP contribution in [0.3, 0.4) is 0 Å². The first-order chi connectivity index (χ1) is 7.88. The van der Waals surface area contributed by atoms with Gasteiger partial charge in [-0.25, -0.2) is 0 Å². The molecule has 84 valence electrons. The third-order valence-electron chi connectivity index (χ3n) is 2.46. The lowest BCUT2D eigenvalue weighted by atomic mass is 10.2. The summed E-state index contributed by atoms with van der Waals surface area (Å²) in [6.45, 7) is 3.10. The molecule has 1 saturated heterocycles. The summed E-state index contributed by atoms with van der Waals surface area (Å²) in [5.74, 6) is 3.40. The summed E-state index contributed by atoms with van der Waals surface area (Å²) in [5, 5.41) is 3.26. The Morgan fingerprint density at radius 2 is 2.25 bits per heavy atom. The van der Waals surface area contributed by atoms with Gasteiger partial charge in [-0.05, 0) is 24.3 Å². The Hall–Kier alpha value is -1.50. The zero-order chi connectivity index (χ0) is 11.2. The predicted molar refractivity (Wildman–Crippen MR) is 62.5 cm³/mol. The number of rotatable bonds is 3. The van der Waals surface area contributed by atoms with E-state index in [0.717, 1.165) is 31.0 Å². The molecule has 0 spiro atoms. The van der Waals surface area contributed by atoms with Gasteiger partial charge in [0.25, 0.3) is 0 Å². The van der Waals surface area contributed by atoms with Crippen LogP contribution < -0.4 is 10.1 Å². The lowest BCUT2D eigenvalue weighted by molar-refractivity contribution is 0.000195. The highest BCUT2D eigenvalue weighted by Crippen LogP contribution is 2.12. The van der Waals surface area contributed by atoms with Gasteiger partial charge in [0.1, 0.15) is 18.5 Å². The molecule has 1 aromatic carbocycles. The molecule has 0 amide bonds. The molecule has 0 saturated carbocycles. The molecule has 0 aromatic heterocycles. The number of hydrogen-bond donors (Lipinski definition) is 1. The van der Waals surface area contributed by atoms with Crippen molar-refractivity contribution < 1.29 is 9.47 Å². The average molecular weight is 217 g/mol. The van der Waals surface area contributed by atoms with Crippen LogP contribution in [0.15, 0.2) is 24.3 Å². The molecule has 1 atom stereocenters. The predicted octanol–water partition coefficient (Wildman–Crippen LogP) is 1.04. The Morgan fingerprint density at radius 3 is 2.88 bits per heavy atom. The van der Waals surface area contributed by atoms with Gasteiger partial charge in [0, 0.05) is 18.7 Å². The van der Waals surface area contributed by atoms with Crippen LogP contribution in [0.2, 0.25) is 0 Å². The van der Waals surface area contributed by atoms with Crippen LogP contribution in [0, 0.1) is 12.3 Å². The lowest BCUT2D eigenvalue weighted by Crippen LogP contribution is -2.41. The van der Waals surface area contributed by atoms with Crippen molar-refractivity contribution in [3.63, 3.8) is 0 Å². The third kappa shape index (κ3) is 2.99. The highest BCUT2D eigenvalue weighted by molar-refractivity contribution is 5.36. The number of nitrogens with one attached hydrogen (secondary N) is 1. The Bertz CT molecular complexity index is 361. The van der Waals surface area contributed by atoms with Crippen LogP contribution in [0.25, 0.3) is 0 Å². The third-order valence-corrected chi connectivity index (χ3v) is 2.46. The first-order valence-corrected chi connectivity index (χ1v) is 5.40. The topological polar surface area (TPSA) is 30.5 Å². The van der Waals surface area contributed by atoms with E-state index < -0.39 is 0 Å². The maximum atomic E-state index is 5.61. The summed E-state index contributed by atoms with van der Waals surface area (Å²) in [4.78, 5) is 0. The molecule has 3 heteroatoms. The highest BCUT2D eigenvalue weighted by atomic mass is 16.5. The molecule has 3 nitrogen and oxygen atoms in total. The molecule has 0 radical (unpaired) electrons. The molecular formula is C13H15NO2. The van der Waals surface area contributed by atoms with Gasteiger partial charge < -0.3 is 14.8 Å². The van der Waals surface area contributed by atoms with E-state index in [2.05, 4.69) is 11.2 Å². The Balaban J connectivity index is 1.82. The molecule has 0 aliphatic carbocycles. The zero-order valence-corrected chi connectivity index (χ0v) is 9.11. The number of ether oxygens (including phenoxy) is 2.